The van der Waals surface area contributed by atoms with Crippen molar-refractivity contribution in [3.8, 4) is 11.4 Å². The minimum Gasteiger partial charge on any atom is -0.293 e. The van der Waals surface area contributed by atoms with E-state index in [9.17, 15) is 9.59 Å². The van der Waals surface area contributed by atoms with Crippen molar-refractivity contribution in [2.24, 2.45) is 0 Å². The Morgan fingerprint density at radius 1 is 1.03 bits per heavy atom. The second-order valence-electron chi connectivity index (χ2n) is 6.23. The van der Waals surface area contributed by atoms with E-state index >= 15 is 0 Å². The Hall–Kier alpha value is -2.74. The van der Waals surface area contributed by atoms with Crippen LogP contribution >= 0.6 is 34.5 Å². The van der Waals surface area contributed by atoms with Crippen LogP contribution in [0.1, 0.15) is 21.8 Å². The summed E-state index contributed by atoms with van der Waals surface area (Å²) >= 11 is 13.1. The predicted molar refractivity (Wildman–Crippen MR) is 114 cm³/mol. The van der Waals surface area contributed by atoms with Gasteiger partial charge in [-0.1, -0.05) is 28.4 Å². The lowest BCUT2D eigenvalue weighted by molar-refractivity contribution is 0.0986. The highest BCUT2D eigenvalue weighted by Crippen LogP contribution is 2.23. The number of thiophene rings is 1. The van der Waals surface area contributed by atoms with Gasteiger partial charge in [0.25, 0.3) is 5.56 Å². The fourth-order valence-electron chi connectivity index (χ4n) is 2.81. The first kappa shape index (κ1) is 19.6. The standard InChI is InChI=1S/C20H14Cl2N4O2S/c21-16-2-1-11-25(20(16)28)14-4-6-15(7-5-14)26-12-13(23-24-26)3-8-17(27)18-9-10-19(22)29-18/h1-2,4-7,9-12H,3,8H2. The summed E-state index contributed by atoms with van der Waals surface area (Å²) in [5, 5.41) is 8.42. The molecule has 0 radical (unpaired) electrons. The Kier molecular flexibility index (Phi) is 5.62. The maximum absolute atomic E-state index is 12.2. The molecule has 0 saturated heterocycles. The van der Waals surface area contributed by atoms with E-state index in [1.54, 1.807) is 53.5 Å². The fourth-order valence-corrected chi connectivity index (χ4v) is 3.98. The molecule has 1 aromatic carbocycles. The van der Waals surface area contributed by atoms with E-state index in [0.717, 1.165) is 11.4 Å². The maximum atomic E-state index is 12.2. The van der Waals surface area contributed by atoms with E-state index in [-0.39, 0.29) is 16.4 Å². The molecule has 3 aromatic heterocycles. The molecule has 0 spiro atoms. The highest BCUT2D eigenvalue weighted by molar-refractivity contribution is 7.18. The molecule has 0 aliphatic carbocycles. The number of aromatic nitrogens is 4. The third-order valence-corrected chi connectivity index (χ3v) is 5.85. The zero-order valence-corrected chi connectivity index (χ0v) is 17.3. The molecule has 0 aliphatic rings. The number of Topliss-reactive ketones (excluding diaryl/α,β-unsaturated/α-hetero) is 1. The topological polar surface area (TPSA) is 69.8 Å². The molecular weight excluding hydrogens is 431 g/mol. The summed E-state index contributed by atoms with van der Waals surface area (Å²) in [5.74, 6) is 0.0350. The van der Waals surface area contributed by atoms with Gasteiger partial charge in [0.05, 0.1) is 26.8 Å². The van der Waals surface area contributed by atoms with Crippen LogP contribution in [0.15, 0.2) is 65.7 Å². The molecular formula is C20H14Cl2N4O2S. The van der Waals surface area contributed by atoms with Crippen LogP contribution in [0, 0.1) is 0 Å². The number of ketones is 1. The summed E-state index contributed by atoms with van der Waals surface area (Å²) in [6.45, 7) is 0. The van der Waals surface area contributed by atoms with E-state index in [1.165, 1.54) is 15.9 Å². The average molecular weight is 445 g/mol. The zero-order valence-electron chi connectivity index (χ0n) is 15.0. The minimum absolute atomic E-state index is 0.0350. The summed E-state index contributed by atoms with van der Waals surface area (Å²) < 4.78 is 3.70. The Morgan fingerprint density at radius 2 is 1.79 bits per heavy atom. The van der Waals surface area contributed by atoms with Crippen molar-refractivity contribution in [1.82, 2.24) is 19.6 Å². The number of rotatable bonds is 6. The van der Waals surface area contributed by atoms with Gasteiger partial charge in [0.15, 0.2) is 5.78 Å². The normalized spacial score (nSPS) is 11.0. The van der Waals surface area contributed by atoms with E-state index in [1.807, 2.05) is 12.1 Å². The van der Waals surface area contributed by atoms with Gasteiger partial charge in [0.2, 0.25) is 0 Å². The Balaban J connectivity index is 1.46. The first-order chi connectivity index (χ1) is 14.0. The van der Waals surface area contributed by atoms with Gasteiger partial charge in [0, 0.05) is 24.7 Å². The van der Waals surface area contributed by atoms with Gasteiger partial charge in [-0.15, -0.1) is 16.4 Å². The fraction of sp³-hybridized carbons (Fsp3) is 0.100. The molecule has 0 amide bonds. The van der Waals surface area contributed by atoms with Crippen LogP contribution in [0.4, 0.5) is 0 Å². The molecule has 0 bridgehead atoms. The molecule has 3 heterocycles. The van der Waals surface area contributed by atoms with E-state index in [2.05, 4.69) is 10.3 Å². The summed E-state index contributed by atoms with van der Waals surface area (Å²) in [6, 6.07) is 14.0. The SMILES string of the molecule is O=C(CCc1cn(-c2ccc(-n3cccc(Cl)c3=O)cc2)nn1)c1ccc(Cl)s1. The summed E-state index contributed by atoms with van der Waals surface area (Å²) in [5.41, 5.74) is 1.93. The van der Waals surface area contributed by atoms with E-state index < -0.39 is 0 Å². The van der Waals surface area contributed by atoms with Crippen molar-refractivity contribution in [1.29, 1.82) is 0 Å². The number of carbonyl (C=O) groups is 1. The molecule has 0 aliphatic heterocycles. The number of pyridine rings is 1. The molecule has 6 nitrogen and oxygen atoms in total. The second-order valence-corrected chi connectivity index (χ2v) is 8.35. The Bertz CT molecular complexity index is 1230. The molecule has 0 N–H and O–H groups in total. The van der Waals surface area contributed by atoms with Gasteiger partial charge >= 0.3 is 0 Å². The minimum atomic E-state index is -0.276. The molecule has 0 saturated carbocycles. The third-order valence-electron chi connectivity index (χ3n) is 4.29. The monoisotopic (exact) mass is 444 g/mol. The lowest BCUT2D eigenvalue weighted by Crippen LogP contribution is -2.17. The van der Waals surface area contributed by atoms with Crippen LogP contribution < -0.4 is 5.56 Å². The van der Waals surface area contributed by atoms with Crippen molar-refractivity contribution in [3.05, 3.63) is 91.2 Å². The number of nitrogens with zero attached hydrogens (tertiary/aromatic N) is 4. The van der Waals surface area contributed by atoms with Gasteiger partial charge in [-0.05, 0) is 48.5 Å². The van der Waals surface area contributed by atoms with Crippen LogP contribution in [0.25, 0.3) is 11.4 Å². The first-order valence-electron chi connectivity index (χ1n) is 8.69. The quantitative estimate of drug-likeness (QED) is 0.407. The summed E-state index contributed by atoms with van der Waals surface area (Å²) in [6.07, 6.45) is 4.28. The van der Waals surface area contributed by atoms with Crippen molar-refractivity contribution in [2.45, 2.75) is 12.8 Å². The van der Waals surface area contributed by atoms with Crippen LogP contribution in [0.3, 0.4) is 0 Å². The maximum Gasteiger partial charge on any atom is 0.273 e. The van der Waals surface area contributed by atoms with Gasteiger partial charge in [-0.2, -0.15) is 0 Å². The average Bonchev–Trinajstić information content (AvgIpc) is 3.38. The number of hydrogen-bond acceptors (Lipinski definition) is 5. The van der Waals surface area contributed by atoms with Gasteiger partial charge in [0.1, 0.15) is 5.02 Å². The largest absolute Gasteiger partial charge is 0.293 e. The number of hydrogen-bond donors (Lipinski definition) is 0. The summed E-state index contributed by atoms with van der Waals surface area (Å²) in [4.78, 5) is 25.0. The number of halogens is 2. The highest BCUT2D eigenvalue weighted by Gasteiger charge is 2.11. The van der Waals surface area contributed by atoms with E-state index in [4.69, 9.17) is 23.2 Å². The molecule has 9 heteroatoms. The zero-order chi connectivity index (χ0) is 20.4. The molecule has 4 rings (SSSR count). The molecule has 29 heavy (non-hydrogen) atoms. The summed E-state index contributed by atoms with van der Waals surface area (Å²) in [7, 11) is 0. The lowest BCUT2D eigenvalue weighted by atomic mass is 10.1. The van der Waals surface area contributed by atoms with E-state index in [0.29, 0.717) is 27.7 Å². The lowest BCUT2D eigenvalue weighted by Gasteiger charge is -2.07. The number of carbonyl (C=O) groups excluding carboxylic acids is 1. The smallest absolute Gasteiger partial charge is 0.273 e. The van der Waals surface area contributed by atoms with Crippen molar-refractivity contribution in [3.63, 3.8) is 0 Å². The Labute approximate surface area is 179 Å². The van der Waals surface area contributed by atoms with Gasteiger partial charge in [-0.3, -0.25) is 14.2 Å². The van der Waals surface area contributed by atoms with Crippen LogP contribution in [0.5, 0.6) is 0 Å². The number of aryl methyl sites for hydroxylation is 1. The van der Waals surface area contributed by atoms with Crippen LogP contribution in [-0.2, 0) is 6.42 Å². The van der Waals surface area contributed by atoms with Gasteiger partial charge < -0.3 is 0 Å². The molecule has 0 fully saturated rings. The van der Waals surface area contributed by atoms with Crippen LogP contribution in [-0.4, -0.2) is 25.3 Å². The molecule has 4 aromatic rings. The predicted octanol–water partition coefficient (Wildman–Crippen LogP) is 4.60. The van der Waals surface area contributed by atoms with Crippen LogP contribution in [0.2, 0.25) is 9.36 Å². The van der Waals surface area contributed by atoms with Crippen molar-refractivity contribution < 1.29 is 4.79 Å². The van der Waals surface area contributed by atoms with Crippen molar-refractivity contribution in [2.75, 3.05) is 0 Å². The highest BCUT2D eigenvalue weighted by atomic mass is 35.5. The first-order valence-corrected chi connectivity index (χ1v) is 10.3. The molecule has 0 unspecified atom stereocenters. The third kappa shape index (κ3) is 4.32. The molecule has 0 atom stereocenters. The van der Waals surface area contributed by atoms with Gasteiger partial charge in [-0.25, -0.2) is 4.68 Å². The number of benzene rings is 1. The Morgan fingerprint density at radius 3 is 2.52 bits per heavy atom. The molecule has 146 valence electrons. The second kappa shape index (κ2) is 8.32. The van der Waals surface area contributed by atoms with Crippen molar-refractivity contribution >= 4 is 40.3 Å².